The third-order valence-electron chi connectivity index (χ3n) is 4.44. The van der Waals surface area contributed by atoms with Gasteiger partial charge in [-0.15, -0.1) is 0 Å². The van der Waals surface area contributed by atoms with Gasteiger partial charge in [0.05, 0.1) is 19.9 Å². The zero-order valence-corrected chi connectivity index (χ0v) is 18.8. The Bertz CT molecular complexity index is 835. The molecule has 0 aliphatic carbocycles. The quantitative estimate of drug-likeness (QED) is 0.508. The van der Waals surface area contributed by atoms with Crippen LogP contribution in [0.15, 0.2) is 39.9 Å². The van der Waals surface area contributed by atoms with Crippen molar-refractivity contribution >= 4 is 11.9 Å². The largest absolute Gasteiger partial charge is 0.497 e. The molecule has 2 N–H and O–H groups in total. The maximum Gasteiger partial charge on any atom is 0.243 e. The molecule has 2 aromatic rings. The predicted molar refractivity (Wildman–Crippen MR) is 118 cm³/mol. The van der Waals surface area contributed by atoms with E-state index in [1.54, 1.807) is 27.4 Å². The summed E-state index contributed by atoms with van der Waals surface area (Å²) in [4.78, 5) is 22.1. The fourth-order valence-corrected chi connectivity index (χ4v) is 2.48. The molecule has 0 spiro atoms. The molecule has 0 unspecified atom stereocenters. The van der Waals surface area contributed by atoms with Crippen molar-refractivity contribution in [3.05, 3.63) is 47.7 Å². The smallest absolute Gasteiger partial charge is 0.243 e. The summed E-state index contributed by atoms with van der Waals surface area (Å²) in [5.74, 6) is 2.70. The first-order chi connectivity index (χ1) is 14.2. The molecule has 8 heteroatoms. The van der Waals surface area contributed by atoms with Gasteiger partial charge in [0, 0.05) is 26.1 Å². The molecule has 0 aliphatic rings. The Morgan fingerprint density at radius 1 is 1.20 bits per heavy atom. The fourth-order valence-electron chi connectivity index (χ4n) is 2.48. The monoisotopic (exact) mass is 415 g/mol. The number of likely N-dealkylation sites (N-methyl/N-ethyl adjacent to an activating group) is 1. The summed E-state index contributed by atoms with van der Waals surface area (Å²) in [6, 6.07) is 7.93. The van der Waals surface area contributed by atoms with Crippen molar-refractivity contribution in [1.82, 2.24) is 20.5 Å². The Hall–Kier alpha value is -3.03. The van der Waals surface area contributed by atoms with Crippen molar-refractivity contribution < 1.29 is 13.9 Å². The molecule has 0 bridgehead atoms. The maximum absolute atomic E-state index is 11.9. The third-order valence-corrected chi connectivity index (χ3v) is 4.44. The molecule has 2 rings (SSSR count). The highest BCUT2D eigenvalue weighted by Crippen LogP contribution is 2.22. The fraction of sp³-hybridized carbons (Fsp3) is 0.500. The van der Waals surface area contributed by atoms with Crippen LogP contribution in [0.25, 0.3) is 0 Å². The number of oxazole rings is 1. The van der Waals surface area contributed by atoms with Crippen LogP contribution in [0.1, 0.15) is 38.0 Å². The van der Waals surface area contributed by atoms with Crippen molar-refractivity contribution in [3.8, 4) is 5.75 Å². The summed E-state index contributed by atoms with van der Waals surface area (Å²) in [7, 11) is 5.07. The minimum absolute atomic E-state index is 0.0592. The van der Waals surface area contributed by atoms with Crippen LogP contribution >= 0.6 is 0 Å². The molecule has 0 radical (unpaired) electrons. The molecule has 1 heterocycles. The predicted octanol–water partition coefficient (Wildman–Crippen LogP) is 2.35. The molecule has 0 aliphatic heterocycles. The standard InChI is InChI=1S/C22H33N5O3/c1-22(2,3)18-13-24-19(30-18)14-25-21(26-15-20(28)27(4)5)23-12-11-16-7-9-17(29-6)10-8-16/h7-10,13H,11-12,14-15H2,1-6H3,(H2,23,25,26). The Morgan fingerprint density at radius 3 is 2.47 bits per heavy atom. The highest BCUT2D eigenvalue weighted by molar-refractivity contribution is 5.84. The number of rotatable bonds is 8. The van der Waals surface area contributed by atoms with Crippen LogP contribution in [0.2, 0.25) is 0 Å². The second-order valence-electron chi connectivity index (χ2n) is 8.20. The van der Waals surface area contributed by atoms with Gasteiger partial charge >= 0.3 is 0 Å². The van der Waals surface area contributed by atoms with E-state index in [1.165, 1.54) is 10.5 Å². The summed E-state index contributed by atoms with van der Waals surface area (Å²) in [5, 5.41) is 6.46. The van der Waals surface area contributed by atoms with E-state index in [9.17, 15) is 4.79 Å². The average molecular weight is 416 g/mol. The molecule has 164 valence electrons. The van der Waals surface area contributed by atoms with E-state index in [0.29, 0.717) is 24.9 Å². The van der Waals surface area contributed by atoms with Crippen molar-refractivity contribution in [2.24, 2.45) is 4.99 Å². The molecule has 1 aromatic carbocycles. The molecule has 30 heavy (non-hydrogen) atoms. The normalized spacial score (nSPS) is 11.9. The first kappa shape index (κ1) is 23.3. The minimum atomic E-state index is -0.100. The van der Waals surface area contributed by atoms with Gasteiger partial charge in [-0.2, -0.15) is 0 Å². The van der Waals surface area contributed by atoms with Gasteiger partial charge in [-0.3, -0.25) is 4.79 Å². The number of carbonyl (C=O) groups is 1. The Kier molecular flexibility index (Phi) is 8.26. The van der Waals surface area contributed by atoms with E-state index in [0.717, 1.165) is 17.9 Å². The number of nitrogens with zero attached hydrogens (tertiary/aromatic N) is 3. The van der Waals surface area contributed by atoms with Crippen LogP contribution < -0.4 is 15.4 Å². The number of aliphatic imine (C=N–C) groups is 1. The number of hydrogen-bond acceptors (Lipinski definition) is 5. The van der Waals surface area contributed by atoms with Gasteiger partial charge in [0.2, 0.25) is 11.8 Å². The number of hydrogen-bond donors (Lipinski definition) is 2. The molecule has 0 saturated heterocycles. The summed E-state index contributed by atoms with van der Waals surface area (Å²) in [5.41, 5.74) is 1.08. The second kappa shape index (κ2) is 10.7. The second-order valence-corrected chi connectivity index (χ2v) is 8.20. The third kappa shape index (κ3) is 7.42. The number of ether oxygens (including phenoxy) is 1. The zero-order valence-electron chi connectivity index (χ0n) is 18.8. The lowest BCUT2D eigenvalue weighted by Crippen LogP contribution is -2.39. The Balaban J connectivity index is 1.96. The van der Waals surface area contributed by atoms with Crippen molar-refractivity contribution in [3.63, 3.8) is 0 Å². The lowest BCUT2D eigenvalue weighted by Gasteiger charge is -2.14. The van der Waals surface area contributed by atoms with Crippen LogP contribution in [0, 0.1) is 0 Å². The number of guanidine groups is 1. The number of nitrogens with one attached hydrogen (secondary N) is 2. The summed E-state index contributed by atoms with van der Waals surface area (Å²) >= 11 is 0. The molecule has 0 atom stereocenters. The van der Waals surface area contributed by atoms with Crippen molar-refractivity contribution in [2.75, 3.05) is 34.3 Å². The molecule has 1 aromatic heterocycles. The van der Waals surface area contributed by atoms with E-state index in [-0.39, 0.29) is 17.9 Å². The van der Waals surface area contributed by atoms with E-state index in [4.69, 9.17) is 9.15 Å². The average Bonchev–Trinajstić information content (AvgIpc) is 3.19. The summed E-state index contributed by atoms with van der Waals surface area (Å²) in [6.45, 7) is 7.32. The number of benzene rings is 1. The topological polar surface area (TPSA) is 92.0 Å². The molecule has 8 nitrogen and oxygen atoms in total. The number of methoxy groups -OCH3 is 1. The highest BCUT2D eigenvalue weighted by atomic mass is 16.5. The molecular formula is C22H33N5O3. The van der Waals surface area contributed by atoms with Gasteiger partial charge in [-0.1, -0.05) is 32.9 Å². The number of carbonyl (C=O) groups excluding carboxylic acids is 1. The zero-order chi connectivity index (χ0) is 22.1. The minimum Gasteiger partial charge on any atom is -0.497 e. The Morgan fingerprint density at radius 2 is 1.90 bits per heavy atom. The SMILES string of the molecule is COc1ccc(CCNC(=NCC(=O)N(C)C)NCc2ncc(C(C)(C)C)o2)cc1. The van der Waals surface area contributed by atoms with Crippen LogP contribution in [0.5, 0.6) is 5.75 Å². The van der Waals surface area contributed by atoms with Crippen LogP contribution in [-0.2, 0) is 23.2 Å². The van der Waals surface area contributed by atoms with Crippen molar-refractivity contribution in [2.45, 2.75) is 39.2 Å². The molecular weight excluding hydrogens is 382 g/mol. The van der Waals surface area contributed by atoms with Gasteiger partial charge in [0.1, 0.15) is 18.1 Å². The summed E-state index contributed by atoms with van der Waals surface area (Å²) < 4.78 is 11.0. The van der Waals surface area contributed by atoms with E-state index in [2.05, 4.69) is 41.4 Å². The molecule has 1 amide bonds. The van der Waals surface area contributed by atoms with Gasteiger partial charge in [-0.05, 0) is 24.1 Å². The highest BCUT2D eigenvalue weighted by Gasteiger charge is 2.19. The van der Waals surface area contributed by atoms with E-state index < -0.39 is 0 Å². The van der Waals surface area contributed by atoms with Crippen molar-refractivity contribution in [1.29, 1.82) is 0 Å². The van der Waals surface area contributed by atoms with Gasteiger partial charge in [-0.25, -0.2) is 9.98 Å². The van der Waals surface area contributed by atoms with Crippen LogP contribution in [0.3, 0.4) is 0 Å². The first-order valence-electron chi connectivity index (χ1n) is 9.99. The van der Waals surface area contributed by atoms with Gasteiger partial charge in [0.25, 0.3) is 0 Å². The van der Waals surface area contributed by atoms with Gasteiger partial charge < -0.3 is 24.7 Å². The van der Waals surface area contributed by atoms with Crippen LogP contribution in [0.4, 0.5) is 0 Å². The van der Waals surface area contributed by atoms with Crippen LogP contribution in [-0.4, -0.2) is 56.0 Å². The van der Waals surface area contributed by atoms with Gasteiger partial charge in [0.15, 0.2) is 5.96 Å². The maximum atomic E-state index is 11.9. The number of aromatic nitrogens is 1. The summed E-state index contributed by atoms with van der Waals surface area (Å²) in [6.07, 6.45) is 2.56. The Labute approximate surface area is 178 Å². The van der Waals surface area contributed by atoms with E-state index in [1.807, 2.05) is 24.3 Å². The van der Waals surface area contributed by atoms with E-state index >= 15 is 0 Å². The first-order valence-corrected chi connectivity index (χ1v) is 9.99. The molecule has 0 fully saturated rings. The lowest BCUT2D eigenvalue weighted by atomic mass is 9.94. The molecule has 0 saturated carbocycles. The lowest BCUT2D eigenvalue weighted by molar-refractivity contribution is -0.127. The number of amides is 1.